The minimum absolute atomic E-state index is 0.125. The van der Waals surface area contributed by atoms with Crippen LogP contribution in [0.2, 0.25) is 0 Å². The van der Waals surface area contributed by atoms with E-state index in [0.717, 1.165) is 64.2 Å². The Morgan fingerprint density at radius 3 is 2.72 bits per heavy atom. The van der Waals surface area contributed by atoms with Gasteiger partial charge >= 0.3 is 5.97 Å². The van der Waals surface area contributed by atoms with Gasteiger partial charge in [-0.2, -0.15) is 0 Å². The molecule has 4 nitrogen and oxygen atoms in total. The lowest BCUT2D eigenvalue weighted by Crippen LogP contribution is -2.14. The van der Waals surface area contributed by atoms with Crippen molar-refractivity contribution in [3.05, 3.63) is 12.2 Å². The van der Waals surface area contributed by atoms with Crippen LogP contribution in [0.5, 0.6) is 0 Å². The molecule has 0 aromatic rings. The highest BCUT2D eigenvalue weighted by Gasteiger charge is 2.32. The van der Waals surface area contributed by atoms with Gasteiger partial charge in [-0.3, -0.25) is 9.59 Å². The van der Waals surface area contributed by atoms with Crippen LogP contribution in [0.15, 0.2) is 12.2 Å². The van der Waals surface area contributed by atoms with Crippen LogP contribution < -0.4 is 0 Å². The van der Waals surface area contributed by atoms with Gasteiger partial charge in [-0.1, -0.05) is 57.6 Å². The second-order valence-corrected chi connectivity index (χ2v) is 7.25. The SMILES string of the molecule is CCCCCC(O)C=C[C@H]1CCC(=O)[C@@H]1CCCCCCC(=O)OC. The van der Waals surface area contributed by atoms with E-state index < -0.39 is 0 Å². The van der Waals surface area contributed by atoms with E-state index >= 15 is 0 Å². The summed E-state index contributed by atoms with van der Waals surface area (Å²) in [5, 5.41) is 10.0. The highest BCUT2D eigenvalue weighted by Crippen LogP contribution is 2.34. The number of rotatable bonds is 13. The van der Waals surface area contributed by atoms with E-state index in [0.29, 0.717) is 24.5 Å². The molecule has 1 rings (SSSR count). The summed E-state index contributed by atoms with van der Waals surface area (Å²) >= 11 is 0. The maximum Gasteiger partial charge on any atom is 0.305 e. The number of carbonyl (C=O) groups is 2. The fourth-order valence-electron chi connectivity index (χ4n) is 3.60. The summed E-state index contributed by atoms with van der Waals surface area (Å²) in [6, 6.07) is 0. The fraction of sp³-hybridized carbons (Fsp3) is 0.810. The van der Waals surface area contributed by atoms with Crippen LogP contribution in [0.3, 0.4) is 0 Å². The third kappa shape index (κ3) is 9.20. The molecule has 0 aliphatic heterocycles. The molecular formula is C21H36O4. The molecule has 0 bridgehead atoms. The fourth-order valence-corrected chi connectivity index (χ4v) is 3.60. The van der Waals surface area contributed by atoms with Crippen molar-refractivity contribution in [1.29, 1.82) is 0 Å². The van der Waals surface area contributed by atoms with Crippen LogP contribution in [-0.4, -0.2) is 30.1 Å². The van der Waals surface area contributed by atoms with Gasteiger partial charge in [0.2, 0.25) is 0 Å². The number of carbonyl (C=O) groups excluding carboxylic acids is 2. The first-order valence-corrected chi connectivity index (χ1v) is 10.0. The van der Waals surface area contributed by atoms with Gasteiger partial charge in [-0.15, -0.1) is 0 Å². The van der Waals surface area contributed by atoms with Crippen molar-refractivity contribution in [2.24, 2.45) is 11.8 Å². The standard InChI is InChI=1S/C21H36O4/c1-3-4-7-10-18(22)15-13-17-14-16-20(23)19(17)11-8-5-6-9-12-21(24)25-2/h13,15,17-19,22H,3-12,14,16H2,1-2H3/t17-,18?,19+/m0/s1. The van der Waals surface area contributed by atoms with Gasteiger partial charge in [0.05, 0.1) is 13.2 Å². The molecule has 0 saturated heterocycles. The Labute approximate surface area is 153 Å². The van der Waals surface area contributed by atoms with E-state index in [4.69, 9.17) is 0 Å². The number of ether oxygens (including phenoxy) is 1. The first kappa shape index (κ1) is 21.9. The van der Waals surface area contributed by atoms with E-state index in [1.165, 1.54) is 7.11 Å². The molecular weight excluding hydrogens is 316 g/mol. The minimum Gasteiger partial charge on any atom is -0.469 e. The molecule has 1 saturated carbocycles. The third-order valence-corrected chi connectivity index (χ3v) is 5.21. The molecule has 25 heavy (non-hydrogen) atoms. The van der Waals surface area contributed by atoms with E-state index in [1.54, 1.807) is 0 Å². The lowest BCUT2D eigenvalue weighted by molar-refractivity contribution is -0.140. The van der Waals surface area contributed by atoms with Crippen molar-refractivity contribution < 1.29 is 19.4 Å². The highest BCUT2D eigenvalue weighted by molar-refractivity contribution is 5.83. The van der Waals surface area contributed by atoms with Gasteiger partial charge in [0.15, 0.2) is 0 Å². The number of Topliss-reactive ketones (excluding diaryl/α,β-unsaturated/α-hetero) is 1. The van der Waals surface area contributed by atoms with Gasteiger partial charge in [-0.05, 0) is 31.6 Å². The maximum absolute atomic E-state index is 12.1. The van der Waals surface area contributed by atoms with Crippen LogP contribution in [0.1, 0.15) is 84.0 Å². The lowest BCUT2D eigenvalue weighted by atomic mass is 9.89. The van der Waals surface area contributed by atoms with E-state index in [1.807, 2.05) is 6.08 Å². The highest BCUT2D eigenvalue weighted by atomic mass is 16.5. The van der Waals surface area contributed by atoms with Crippen LogP contribution >= 0.6 is 0 Å². The van der Waals surface area contributed by atoms with E-state index in [9.17, 15) is 14.7 Å². The van der Waals surface area contributed by atoms with Gasteiger partial charge in [-0.25, -0.2) is 0 Å². The van der Waals surface area contributed by atoms with Crippen LogP contribution in [0, 0.1) is 11.8 Å². The summed E-state index contributed by atoms with van der Waals surface area (Å²) in [5.74, 6) is 0.654. The number of ketones is 1. The number of methoxy groups -OCH3 is 1. The second kappa shape index (κ2) is 13.1. The molecule has 3 atom stereocenters. The summed E-state index contributed by atoms with van der Waals surface area (Å²) in [5.41, 5.74) is 0. The minimum atomic E-state index is -0.374. The predicted molar refractivity (Wildman–Crippen MR) is 100 cm³/mol. The third-order valence-electron chi connectivity index (χ3n) is 5.21. The van der Waals surface area contributed by atoms with E-state index in [2.05, 4.69) is 17.7 Å². The van der Waals surface area contributed by atoms with Gasteiger partial charge in [0.1, 0.15) is 5.78 Å². The summed E-state index contributed by atoms with van der Waals surface area (Å²) in [6.45, 7) is 2.16. The molecule has 1 aliphatic rings. The lowest BCUT2D eigenvalue weighted by Gasteiger charge is -2.15. The Kier molecular flexibility index (Phi) is 11.5. The molecule has 144 valence electrons. The Morgan fingerprint density at radius 2 is 2.00 bits per heavy atom. The van der Waals surface area contributed by atoms with Crippen LogP contribution in [0.4, 0.5) is 0 Å². The molecule has 0 heterocycles. The van der Waals surface area contributed by atoms with Crippen molar-refractivity contribution in [3.63, 3.8) is 0 Å². The zero-order chi connectivity index (χ0) is 18.5. The Hall–Kier alpha value is -1.16. The predicted octanol–water partition coefficient (Wildman–Crippen LogP) is 4.59. The number of allylic oxidation sites excluding steroid dienone is 1. The molecule has 0 aromatic heterocycles. The number of aliphatic hydroxyl groups is 1. The molecule has 1 N–H and O–H groups in total. The second-order valence-electron chi connectivity index (χ2n) is 7.25. The molecule has 4 heteroatoms. The van der Waals surface area contributed by atoms with Crippen molar-refractivity contribution in [3.8, 4) is 0 Å². The molecule has 1 aliphatic carbocycles. The summed E-state index contributed by atoms with van der Waals surface area (Å²) < 4.78 is 4.63. The van der Waals surface area contributed by atoms with Gasteiger partial charge < -0.3 is 9.84 Å². The molecule has 1 fully saturated rings. The van der Waals surface area contributed by atoms with Crippen LogP contribution in [-0.2, 0) is 14.3 Å². The van der Waals surface area contributed by atoms with Gasteiger partial charge in [0, 0.05) is 18.8 Å². The quantitative estimate of drug-likeness (QED) is 0.299. The monoisotopic (exact) mass is 352 g/mol. The van der Waals surface area contributed by atoms with Crippen molar-refractivity contribution >= 4 is 11.8 Å². The average Bonchev–Trinajstić information content (AvgIpc) is 2.96. The smallest absolute Gasteiger partial charge is 0.305 e. The number of unbranched alkanes of at least 4 members (excludes halogenated alkanes) is 5. The average molecular weight is 353 g/mol. The van der Waals surface area contributed by atoms with E-state index in [-0.39, 0.29) is 18.0 Å². The number of hydrogen-bond acceptors (Lipinski definition) is 4. The summed E-state index contributed by atoms with van der Waals surface area (Å²) in [4.78, 5) is 23.2. The largest absolute Gasteiger partial charge is 0.469 e. The molecule has 0 amide bonds. The summed E-state index contributed by atoms with van der Waals surface area (Å²) in [6.07, 6.45) is 14.8. The van der Waals surface area contributed by atoms with Crippen molar-refractivity contribution in [1.82, 2.24) is 0 Å². The number of aliphatic hydroxyl groups excluding tert-OH is 1. The Balaban J connectivity index is 2.26. The topological polar surface area (TPSA) is 63.6 Å². The van der Waals surface area contributed by atoms with Gasteiger partial charge in [0.25, 0.3) is 0 Å². The van der Waals surface area contributed by atoms with Crippen molar-refractivity contribution in [2.45, 2.75) is 90.1 Å². The van der Waals surface area contributed by atoms with Crippen LogP contribution in [0.25, 0.3) is 0 Å². The Bertz CT molecular complexity index is 416. The molecule has 1 unspecified atom stereocenters. The first-order valence-electron chi connectivity index (χ1n) is 10.0. The molecule has 0 aromatic carbocycles. The summed E-state index contributed by atoms with van der Waals surface area (Å²) in [7, 11) is 1.42. The normalized spacial score (nSPS) is 21.8. The Morgan fingerprint density at radius 1 is 1.24 bits per heavy atom. The maximum atomic E-state index is 12.1. The molecule has 0 radical (unpaired) electrons. The molecule has 0 spiro atoms. The zero-order valence-corrected chi connectivity index (χ0v) is 16.0. The first-order chi connectivity index (χ1) is 12.1. The number of esters is 1. The zero-order valence-electron chi connectivity index (χ0n) is 16.0. The number of hydrogen-bond donors (Lipinski definition) is 1. The van der Waals surface area contributed by atoms with Crippen molar-refractivity contribution in [2.75, 3.05) is 7.11 Å².